The second kappa shape index (κ2) is 6.12. The van der Waals surface area contributed by atoms with Gasteiger partial charge >= 0.3 is 12.1 Å². The molecule has 1 aliphatic heterocycles. The van der Waals surface area contributed by atoms with Gasteiger partial charge in [0.25, 0.3) is 0 Å². The number of para-hydroxylation sites is 1. The summed E-state index contributed by atoms with van der Waals surface area (Å²) in [4.78, 5) is 0. The molecule has 2 rings (SSSR count). The van der Waals surface area contributed by atoms with E-state index >= 15 is 0 Å². The summed E-state index contributed by atoms with van der Waals surface area (Å²) in [5, 5.41) is 0. The zero-order valence-electron chi connectivity index (χ0n) is 11.4. The van der Waals surface area contributed by atoms with Gasteiger partial charge in [-0.2, -0.15) is 22.0 Å². The molecule has 1 aromatic carbocycles. The minimum atomic E-state index is -5.67. The number of nitrogens with two attached hydrogens (primary N) is 1. The maximum atomic E-state index is 13.0. The number of nitrogen functional groups attached to an aromatic ring is 1. The van der Waals surface area contributed by atoms with Crippen molar-refractivity contribution in [3.8, 4) is 5.75 Å². The first-order chi connectivity index (χ1) is 10.2. The van der Waals surface area contributed by atoms with Gasteiger partial charge in [-0.1, -0.05) is 18.2 Å². The molecule has 2 N–H and O–H groups in total. The molecule has 0 saturated carbocycles. The smallest absolute Gasteiger partial charge is 0.456 e. The molecule has 1 aromatic rings. The lowest BCUT2D eigenvalue weighted by Gasteiger charge is -2.23. The summed E-state index contributed by atoms with van der Waals surface area (Å²) in [5.74, 6) is -5.11. The third-order valence-corrected chi connectivity index (χ3v) is 3.17. The van der Waals surface area contributed by atoms with Crippen LogP contribution in [0.2, 0.25) is 0 Å². The maximum absolute atomic E-state index is 13.0. The molecule has 0 bridgehead atoms. The van der Waals surface area contributed by atoms with Crippen LogP contribution in [-0.4, -0.2) is 31.9 Å². The van der Waals surface area contributed by atoms with Gasteiger partial charge < -0.3 is 15.2 Å². The standard InChI is InChI=1S/C14H14F5NO2/c15-13(16,14(17,18)19)8-22-12-10(2-1-3-11(12)20)9-4-6-21-7-5-9/h1-4H,5-8,20H2. The Bertz CT molecular complexity index is 569. The molecule has 1 aliphatic rings. The lowest BCUT2D eigenvalue weighted by atomic mass is 10.00. The van der Waals surface area contributed by atoms with E-state index in [0.29, 0.717) is 25.2 Å². The van der Waals surface area contributed by atoms with Crippen molar-refractivity contribution in [1.29, 1.82) is 0 Å². The van der Waals surface area contributed by atoms with Crippen LogP contribution in [0.4, 0.5) is 27.6 Å². The number of halogens is 5. The van der Waals surface area contributed by atoms with Crippen molar-refractivity contribution in [2.24, 2.45) is 0 Å². The number of benzene rings is 1. The molecule has 0 unspecified atom stereocenters. The van der Waals surface area contributed by atoms with Crippen molar-refractivity contribution in [2.75, 3.05) is 25.6 Å². The van der Waals surface area contributed by atoms with Gasteiger partial charge in [0.05, 0.1) is 18.9 Å². The molecule has 0 radical (unpaired) electrons. The van der Waals surface area contributed by atoms with Gasteiger partial charge in [0, 0.05) is 5.56 Å². The van der Waals surface area contributed by atoms with E-state index in [1.807, 2.05) is 0 Å². The van der Waals surface area contributed by atoms with Crippen molar-refractivity contribution in [3.05, 3.63) is 29.8 Å². The van der Waals surface area contributed by atoms with Crippen molar-refractivity contribution >= 4 is 11.3 Å². The minimum Gasteiger partial charge on any atom is -0.484 e. The number of hydrogen-bond donors (Lipinski definition) is 1. The Morgan fingerprint density at radius 3 is 2.50 bits per heavy atom. The lowest BCUT2D eigenvalue weighted by Crippen LogP contribution is -2.41. The van der Waals surface area contributed by atoms with E-state index in [0.717, 1.165) is 5.57 Å². The predicted molar refractivity (Wildman–Crippen MR) is 70.8 cm³/mol. The fourth-order valence-corrected chi connectivity index (χ4v) is 1.99. The molecule has 0 aliphatic carbocycles. The molecule has 0 fully saturated rings. The summed E-state index contributed by atoms with van der Waals surface area (Å²) in [5.41, 5.74) is 6.80. The highest BCUT2D eigenvalue weighted by Crippen LogP contribution is 2.39. The summed E-state index contributed by atoms with van der Waals surface area (Å²) >= 11 is 0. The Labute approximate surface area is 123 Å². The van der Waals surface area contributed by atoms with Crippen LogP contribution in [-0.2, 0) is 4.74 Å². The SMILES string of the molecule is Nc1cccc(C2=CCOCC2)c1OCC(F)(F)C(F)(F)F. The molecule has 1 heterocycles. The Morgan fingerprint density at radius 1 is 1.18 bits per heavy atom. The van der Waals surface area contributed by atoms with Gasteiger partial charge in [0.2, 0.25) is 0 Å². The van der Waals surface area contributed by atoms with E-state index in [1.54, 1.807) is 18.2 Å². The Morgan fingerprint density at radius 2 is 1.91 bits per heavy atom. The third kappa shape index (κ3) is 3.49. The second-order valence-electron chi connectivity index (χ2n) is 4.77. The molecule has 0 spiro atoms. The van der Waals surface area contributed by atoms with Gasteiger partial charge in [-0.3, -0.25) is 0 Å². The number of hydrogen-bond acceptors (Lipinski definition) is 3. The van der Waals surface area contributed by atoms with E-state index in [-0.39, 0.29) is 11.4 Å². The summed E-state index contributed by atoms with van der Waals surface area (Å²) < 4.78 is 72.5. The normalized spacial score (nSPS) is 16.3. The Kier molecular flexibility index (Phi) is 4.60. The number of alkyl halides is 5. The molecular weight excluding hydrogens is 309 g/mol. The molecule has 3 nitrogen and oxygen atoms in total. The first kappa shape index (κ1) is 16.5. The van der Waals surface area contributed by atoms with E-state index < -0.39 is 18.7 Å². The maximum Gasteiger partial charge on any atom is 0.456 e. The number of rotatable bonds is 4. The summed E-state index contributed by atoms with van der Waals surface area (Å²) in [6.45, 7) is -1.05. The van der Waals surface area contributed by atoms with Crippen LogP contribution in [0.1, 0.15) is 12.0 Å². The van der Waals surface area contributed by atoms with E-state index in [1.165, 1.54) is 6.07 Å². The monoisotopic (exact) mass is 323 g/mol. The van der Waals surface area contributed by atoms with Crippen LogP contribution in [0.25, 0.3) is 5.57 Å². The van der Waals surface area contributed by atoms with Gasteiger partial charge in [0.15, 0.2) is 6.61 Å². The average Bonchev–Trinajstić information content (AvgIpc) is 2.45. The fraction of sp³-hybridized carbons (Fsp3) is 0.429. The zero-order valence-corrected chi connectivity index (χ0v) is 11.4. The zero-order chi connectivity index (χ0) is 16.4. The highest BCUT2D eigenvalue weighted by molar-refractivity contribution is 5.76. The van der Waals surface area contributed by atoms with Crippen molar-refractivity contribution < 1.29 is 31.4 Å². The van der Waals surface area contributed by atoms with Crippen molar-refractivity contribution in [3.63, 3.8) is 0 Å². The number of anilines is 1. The average molecular weight is 323 g/mol. The van der Waals surface area contributed by atoms with E-state index in [4.69, 9.17) is 15.2 Å². The van der Waals surface area contributed by atoms with Crippen LogP contribution in [0.5, 0.6) is 5.75 Å². The highest BCUT2D eigenvalue weighted by atomic mass is 19.4. The highest BCUT2D eigenvalue weighted by Gasteiger charge is 2.58. The largest absolute Gasteiger partial charge is 0.484 e. The molecule has 0 atom stereocenters. The molecule has 0 amide bonds. The van der Waals surface area contributed by atoms with Gasteiger partial charge in [-0.05, 0) is 18.1 Å². The van der Waals surface area contributed by atoms with Crippen molar-refractivity contribution in [2.45, 2.75) is 18.5 Å². The summed E-state index contributed by atoms with van der Waals surface area (Å²) in [7, 11) is 0. The Balaban J connectivity index is 2.26. The molecule has 122 valence electrons. The van der Waals surface area contributed by atoms with Crippen LogP contribution in [0, 0.1) is 0 Å². The summed E-state index contributed by atoms with van der Waals surface area (Å²) in [6.07, 6.45) is -3.46. The lowest BCUT2D eigenvalue weighted by molar-refractivity contribution is -0.289. The molecule has 8 heteroatoms. The quantitative estimate of drug-likeness (QED) is 0.679. The third-order valence-electron chi connectivity index (χ3n) is 3.17. The minimum absolute atomic E-state index is 0.00265. The summed E-state index contributed by atoms with van der Waals surface area (Å²) in [6, 6.07) is 4.52. The molecule has 0 saturated heterocycles. The molecular formula is C14H14F5NO2. The van der Waals surface area contributed by atoms with Gasteiger partial charge in [-0.15, -0.1) is 0 Å². The predicted octanol–water partition coefficient (Wildman–Crippen LogP) is 3.65. The topological polar surface area (TPSA) is 44.5 Å². The van der Waals surface area contributed by atoms with Crippen LogP contribution >= 0.6 is 0 Å². The van der Waals surface area contributed by atoms with Crippen LogP contribution in [0.3, 0.4) is 0 Å². The van der Waals surface area contributed by atoms with E-state index in [9.17, 15) is 22.0 Å². The molecule has 22 heavy (non-hydrogen) atoms. The first-order valence-electron chi connectivity index (χ1n) is 6.45. The van der Waals surface area contributed by atoms with Gasteiger partial charge in [0.1, 0.15) is 5.75 Å². The second-order valence-corrected chi connectivity index (χ2v) is 4.77. The van der Waals surface area contributed by atoms with Crippen molar-refractivity contribution in [1.82, 2.24) is 0 Å². The van der Waals surface area contributed by atoms with Crippen LogP contribution < -0.4 is 10.5 Å². The number of ether oxygens (including phenoxy) is 2. The van der Waals surface area contributed by atoms with Crippen LogP contribution in [0.15, 0.2) is 24.3 Å². The fourth-order valence-electron chi connectivity index (χ4n) is 1.99. The van der Waals surface area contributed by atoms with Gasteiger partial charge in [-0.25, -0.2) is 0 Å². The van der Waals surface area contributed by atoms with E-state index in [2.05, 4.69) is 0 Å². The Hall–Kier alpha value is -1.83. The molecule has 0 aromatic heterocycles. The first-order valence-corrected chi connectivity index (χ1v) is 6.45.